The van der Waals surface area contributed by atoms with Gasteiger partial charge in [0.1, 0.15) is 11.2 Å². The van der Waals surface area contributed by atoms with E-state index in [1.807, 2.05) is 0 Å². The Hall–Kier alpha value is -1.73. The van der Waals surface area contributed by atoms with Crippen molar-refractivity contribution in [1.82, 2.24) is 19.6 Å². The van der Waals surface area contributed by atoms with Crippen molar-refractivity contribution in [2.45, 2.75) is 19.3 Å². The third-order valence-electron chi connectivity index (χ3n) is 3.48. The van der Waals surface area contributed by atoms with Gasteiger partial charge >= 0.3 is 0 Å². The molecular weight excluding hydrogens is 262 g/mol. The fourth-order valence-electron chi connectivity index (χ4n) is 2.69. The first-order chi connectivity index (χ1) is 9.38. The zero-order valence-corrected chi connectivity index (χ0v) is 11.1. The van der Waals surface area contributed by atoms with Gasteiger partial charge in [0.2, 0.25) is 5.95 Å². The first-order valence-electron chi connectivity index (χ1n) is 6.37. The summed E-state index contributed by atoms with van der Waals surface area (Å²) in [5.74, 6) is 0.647. The second-order valence-corrected chi connectivity index (χ2v) is 5.70. The quantitative estimate of drug-likeness (QED) is 0.752. The van der Waals surface area contributed by atoms with E-state index >= 15 is 0 Å². The largest absolute Gasteiger partial charge is 0.395 e. The molecule has 0 spiro atoms. The molecular formula is C12H13N5OS. The van der Waals surface area contributed by atoms with Crippen molar-refractivity contribution in [2.75, 3.05) is 18.5 Å². The Bertz CT molecular complexity index is 762. The number of aromatic nitrogens is 4. The minimum atomic E-state index is 0.0663. The number of hydrogen-bond acceptors (Lipinski definition) is 6. The number of hydrogen-bond donors (Lipinski definition) is 2. The van der Waals surface area contributed by atoms with E-state index < -0.39 is 0 Å². The van der Waals surface area contributed by atoms with Gasteiger partial charge in [0.15, 0.2) is 5.65 Å². The van der Waals surface area contributed by atoms with Crippen LogP contribution in [0.3, 0.4) is 0 Å². The number of nitrogens with one attached hydrogen (secondary N) is 1. The maximum absolute atomic E-state index is 8.93. The van der Waals surface area contributed by atoms with Crippen LogP contribution in [0.15, 0.2) is 6.33 Å². The molecule has 0 radical (unpaired) electrons. The van der Waals surface area contributed by atoms with Gasteiger partial charge in [-0.15, -0.1) is 11.3 Å². The summed E-state index contributed by atoms with van der Waals surface area (Å²) in [6, 6.07) is 0. The minimum Gasteiger partial charge on any atom is -0.395 e. The summed E-state index contributed by atoms with van der Waals surface area (Å²) in [4.78, 5) is 11.5. The van der Waals surface area contributed by atoms with E-state index in [1.54, 1.807) is 22.2 Å². The lowest BCUT2D eigenvalue weighted by molar-refractivity contribution is 0.310. The number of fused-ring (bicyclic) bond motifs is 5. The van der Waals surface area contributed by atoms with Crippen LogP contribution in [0.2, 0.25) is 0 Å². The summed E-state index contributed by atoms with van der Waals surface area (Å²) in [7, 11) is 0. The van der Waals surface area contributed by atoms with Crippen molar-refractivity contribution < 1.29 is 5.11 Å². The fraction of sp³-hybridized carbons (Fsp3) is 0.417. The second kappa shape index (κ2) is 4.14. The van der Waals surface area contributed by atoms with Crippen LogP contribution in [-0.2, 0) is 12.8 Å². The molecule has 0 fully saturated rings. The van der Waals surface area contributed by atoms with Crippen LogP contribution < -0.4 is 5.32 Å². The van der Waals surface area contributed by atoms with E-state index in [9.17, 15) is 0 Å². The van der Waals surface area contributed by atoms with E-state index in [1.165, 1.54) is 16.9 Å². The Labute approximate surface area is 113 Å². The lowest BCUT2D eigenvalue weighted by Crippen LogP contribution is -2.11. The molecule has 0 aromatic carbocycles. The van der Waals surface area contributed by atoms with Crippen LogP contribution in [0, 0.1) is 0 Å². The monoisotopic (exact) mass is 275 g/mol. The van der Waals surface area contributed by atoms with Crippen molar-refractivity contribution in [2.24, 2.45) is 0 Å². The fourth-order valence-corrected chi connectivity index (χ4v) is 3.95. The van der Waals surface area contributed by atoms with E-state index in [0.717, 1.165) is 28.7 Å². The standard InChI is InChI=1S/C12H13N5OS/c18-5-4-13-12-16-11-9(10-14-6-15-17(10)12)7-2-1-3-8(7)19-11/h6,18H,1-5H2,(H,13,16). The van der Waals surface area contributed by atoms with Crippen LogP contribution in [0.1, 0.15) is 16.9 Å². The van der Waals surface area contributed by atoms with Crippen molar-refractivity contribution in [3.05, 3.63) is 16.8 Å². The SMILES string of the molecule is OCCNc1nc2sc3c(c2c2ncnn12)CCC3. The average molecular weight is 275 g/mol. The number of anilines is 1. The second-order valence-electron chi connectivity index (χ2n) is 4.62. The first kappa shape index (κ1) is 11.1. The number of aryl methyl sites for hydroxylation is 2. The Morgan fingerprint density at radius 1 is 1.42 bits per heavy atom. The average Bonchev–Trinajstić information content (AvgIpc) is 3.08. The van der Waals surface area contributed by atoms with Gasteiger partial charge in [0.05, 0.1) is 12.0 Å². The molecule has 19 heavy (non-hydrogen) atoms. The molecule has 98 valence electrons. The highest BCUT2D eigenvalue weighted by atomic mass is 32.1. The van der Waals surface area contributed by atoms with Crippen molar-refractivity contribution in [3.8, 4) is 0 Å². The normalized spacial score (nSPS) is 14.4. The number of rotatable bonds is 3. The molecule has 0 amide bonds. The highest BCUT2D eigenvalue weighted by Gasteiger charge is 2.22. The summed E-state index contributed by atoms with van der Waals surface area (Å²) in [6.07, 6.45) is 5.04. The van der Waals surface area contributed by atoms with Gasteiger partial charge in [0, 0.05) is 11.4 Å². The van der Waals surface area contributed by atoms with Crippen molar-refractivity contribution >= 4 is 33.1 Å². The molecule has 1 aliphatic carbocycles. The highest BCUT2D eigenvalue weighted by molar-refractivity contribution is 7.19. The number of aliphatic hydroxyl groups excluding tert-OH is 1. The zero-order valence-electron chi connectivity index (χ0n) is 10.3. The molecule has 0 aliphatic heterocycles. The Balaban J connectivity index is 2.01. The molecule has 0 atom stereocenters. The van der Waals surface area contributed by atoms with E-state index in [-0.39, 0.29) is 6.61 Å². The van der Waals surface area contributed by atoms with Gasteiger partial charge in [-0.05, 0) is 24.8 Å². The van der Waals surface area contributed by atoms with Crippen LogP contribution in [0.5, 0.6) is 0 Å². The van der Waals surface area contributed by atoms with Crippen LogP contribution >= 0.6 is 11.3 Å². The summed E-state index contributed by atoms with van der Waals surface area (Å²) in [6.45, 7) is 0.523. The number of nitrogens with zero attached hydrogens (tertiary/aromatic N) is 4. The van der Waals surface area contributed by atoms with Gasteiger partial charge in [-0.2, -0.15) is 9.61 Å². The third-order valence-corrected chi connectivity index (χ3v) is 4.66. The topological polar surface area (TPSA) is 75.3 Å². The Morgan fingerprint density at radius 2 is 2.37 bits per heavy atom. The number of aliphatic hydroxyl groups is 1. The molecule has 0 unspecified atom stereocenters. The molecule has 0 saturated carbocycles. The summed E-state index contributed by atoms with van der Waals surface area (Å²) >= 11 is 1.76. The Kier molecular flexibility index (Phi) is 2.42. The first-order valence-corrected chi connectivity index (χ1v) is 7.19. The maximum atomic E-state index is 8.93. The molecule has 3 heterocycles. The van der Waals surface area contributed by atoms with Gasteiger partial charge in [-0.3, -0.25) is 0 Å². The lowest BCUT2D eigenvalue weighted by Gasteiger charge is -2.06. The van der Waals surface area contributed by atoms with Gasteiger partial charge < -0.3 is 10.4 Å². The minimum absolute atomic E-state index is 0.0663. The van der Waals surface area contributed by atoms with E-state index in [2.05, 4.69) is 20.4 Å². The highest BCUT2D eigenvalue weighted by Crippen LogP contribution is 2.38. The summed E-state index contributed by atoms with van der Waals surface area (Å²) in [5.41, 5.74) is 2.27. The molecule has 0 saturated heterocycles. The van der Waals surface area contributed by atoms with Crippen LogP contribution in [0.25, 0.3) is 15.9 Å². The van der Waals surface area contributed by atoms with Crippen LogP contribution in [-0.4, -0.2) is 37.8 Å². The zero-order chi connectivity index (χ0) is 12.8. The maximum Gasteiger partial charge on any atom is 0.227 e. The summed E-state index contributed by atoms with van der Waals surface area (Å²) in [5, 5.41) is 17.4. The molecule has 4 rings (SSSR count). The molecule has 3 aromatic rings. The molecule has 0 bridgehead atoms. The van der Waals surface area contributed by atoms with E-state index in [4.69, 9.17) is 5.11 Å². The van der Waals surface area contributed by atoms with Gasteiger partial charge in [-0.25, -0.2) is 9.97 Å². The Morgan fingerprint density at radius 3 is 3.26 bits per heavy atom. The molecule has 1 aliphatic rings. The lowest BCUT2D eigenvalue weighted by atomic mass is 10.2. The molecule has 2 N–H and O–H groups in total. The summed E-state index contributed by atoms with van der Waals surface area (Å²) < 4.78 is 1.73. The predicted molar refractivity (Wildman–Crippen MR) is 73.8 cm³/mol. The third kappa shape index (κ3) is 1.55. The van der Waals surface area contributed by atoms with Gasteiger partial charge in [-0.1, -0.05) is 0 Å². The van der Waals surface area contributed by atoms with E-state index in [0.29, 0.717) is 12.5 Å². The van der Waals surface area contributed by atoms with Crippen molar-refractivity contribution in [3.63, 3.8) is 0 Å². The smallest absolute Gasteiger partial charge is 0.227 e. The molecule has 7 heteroatoms. The molecule has 6 nitrogen and oxygen atoms in total. The van der Waals surface area contributed by atoms with Crippen molar-refractivity contribution in [1.29, 1.82) is 0 Å². The van der Waals surface area contributed by atoms with Gasteiger partial charge in [0.25, 0.3) is 0 Å². The number of thiophene rings is 1. The van der Waals surface area contributed by atoms with Crippen LogP contribution in [0.4, 0.5) is 5.95 Å². The predicted octanol–water partition coefficient (Wildman–Crippen LogP) is 1.23. The molecule has 3 aromatic heterocycles.